The third-order valence-electron chi connectivity index (χ3n) is 4.79. The molecule has 0 aliphatic carbocycles. The number of hydrogen-bond acceptors (Lipinski definition) is 5. The Morgan fingerprint density at radius 2 is 1.88 bits per heavy atom. The van der Waals surface area contributed by atoms with Crippen molar-refractivity contribution in [3.8, 4) is 11.4 Å². The Hall–Kier alpha value is -2.21. The van der Waals surface area contributed by atoms with Crippen LogP contribution in [0.4, 0.5) is 0 Å². The van der Waals surface area contributed by atoms with Gasteiger partial charge in [0.05, 0.1) is 6.04 Å². The summed E-state index contributed by atoms with van der Waals surface area (Å²) < 4.78 is 5.49. The highest BCUT2D eigenvalue weighted by Gasteiger charge is 2.27. The smallest absolute Gasteiger partial charge is 0.244 e. The van der Waals surface area contributed by atoms with Gasteiger partial charge in [-0.3, -0.25) is 9.69 Å². The molecule has 6 heteroatoms. The Bertz CT molecular complexity index is 702. The van der Waals surface area contributed by atoms with Crippen LogP contribution in [-0.2, 0) is 4.79 Å². The summed E-state index contributed by atoms with van der Waals surface area (Å²) in [4.78, 5) is 20.8. The first-order chi connectivity index (χ1) is 12.1. The number of hydrogen-bond donors (Lipinski definition) is 0. The Balaban J connectivity index is 1.62. The number of benzene rings is 1. The summed E-state index contributed by atoms with van der Waals surface area (Å²) in [5.74, 6) is 1.51. The van der Waals surface area contributed by atoms with Crippen LogP contribution < -0.4 is 0 Å². The highest BCUT2D eigenvalue weighted by Crippen LogP contribution is 2.23. The normalized spacial score (nSPS) is 16.8. The van der Waals surface area contributed by atoms with Crippen molar-refractivity contribution in [2.24, 2.45) is 0 Å². The number of aromatic nitrogens is 2. The minimum absolute atomic E-state index is 0.0510. The second-order valence-corrected chi connectivity index (χ2v) is 6.66. The van der Waals surface area contributed by atoms with E-state index in [1.54, 1.807) is 0 Å². The maximum Gasteiger partial charge on any atom is 0.244 e. The Morgan fingerprint density at radius 1 is 1.20 bits per heavy atom. The summed E-state index contributed by atoms with van der Waals surface area (Å²) in [6.07, 6.45) is 1.54. The van der Waals surface area contributed by atoms with Gasteiger partial charge in [0, 0.05) is 38.2 Å². The lowest BCUT2D eigenvalue weighted by atomic mass is 10.1. The quantitative estimate of drug-likeness (QED) is 0.836. The van der Waals surface area contributed by atoms with E-state index in [0.717, 1.165) is 38.2 Å². The predicted octanol–water partition coefficient (Wildman–Crippen LogP) is 3.05. The van der Waals surface area contributed by atoms with Crippen molar-refractivity contribution in [1.82, 2.24) is 19.9 Å². The molecular weight excluding hydrogens is 316 g/mol. The molecular formula is C19H26N4O2. The van der Waals surface area contributed by atoms with Crippen molar-refractivity contribution in [3.63, 3.8) is 0 Å². The molecule has 25 heavy (non-hydrogen) atoms. The van der Waals surface area contributed by atoms with Gasteiger partial charge in [0.15, 0.2) is 0 Å². The second kappa shape index (κ2) is 7.78. The highest BCUT2D eigenvalue weighted by molar-refractivity contribution is 5.76. The van der Waals surface area contributed by atoms with Gasteiger partial charge in [0.2, 0.25) is 17.6 Å². The first-order valence-corrected chi connectivity index (χ1v) is 9.01. The Morgan fingerprint density at radius 3 is 2.52 bits per heavy atom. The number of amides is 1. The average molecular weight is 342 g/mol. The fraction of sp³-hybridized carbons (Fsp3) is 0.526. The SMILES string of the molecule is CCCC(=O)N1CCN([C@H](C)c2nc(-c3ccc(C)cc3)no2)CC1. The second-order valence-electron chi connectivity index (χ2n) is 6.66. The molecule has 0 radical (unpaired) electrons. The number of piperazine rings is 1. The summed E-state index contributed by atoms with van der Waals surface area (Å²) in [7, 11) is 0. The van der Waals surface area contributed by atoms with Gasteiger partial charge in [-0.15, -0.1) is 0 Å². The number of rotatable bonds is 5. The first kappa shape index (κ1) is 17.6. The van der Waals surface area contributed by atoms with E-state index in [9.17, 15) is 4.79 Å². The lowest BCUT2D eigenvalue weighted by Gasteiger charge is -2.36. The van der Waals surface area contributed by atoms with Crippen LogP contribution in [0.15, 0.2) is 28.8 Å². The van der Waals surface area contributed by atoms with Gasteiger partial charge in [-0.05, 0) is 20.3 Å². The first-order valence-electron chi connectivity index (χ1n) is 9.01. The molecule has 0 spiro atoms. The van der Waals surface area contributed by atoms with E-state index in [2.05, 4.69) is 28.9 Å². The van der Waals surface area contributed by atoms with Gasteiger partial charge in [-0.2, -0.15) is 4.98 Å². The van der Waals surface area contributed by atoms with E-state index >= 15 is 0 Å². The van der Waals surface area contributed by atoms with E-state index in [4.69, 9.17) is 4.52 Å². The third kappa shape index (κ3) is 4.07. The predicted molar refractivity (Wildman–Crippen MR) is 95.9 cm³/mol. The van der Waals surface area contributed by atoms with Gasteiger partial charge in [0.1, 0.15) is 0 Å². The fourth-order valence-electron chi connectivity index (χ4n) is 3.11. The maximum absolute atomic E-state index is 12.0. The van der Waals surface area contributed by atoms with Crippen LogP contribution in [0.2, 0.25) is 0 Å². The van der Waals surface area contributed by atoms with Crippen LogP contribution in [0, 0.1) is 6.92 Å². The summed E-state index contributed by atoms with van der Waals surface area (Å²) >= 11 is 0. The lowest BCUT2D eigenvalue weighted by molar-refractivity contribution is -0.133. The van der Waals surface area contributed by atoms with Gasteiger partial charge in [-0.25, -0.2) is 0 Å². The molecule has 1 aromatic heterocycles. The van der Waals surface area contributed by atoms with Gasteiger partial charge in [0.25, 0.3) is 0 Å². The maximum atomic E-state index is 12.0. The highest BCUT2D eigenvalue weighted by atomic mass is 16.5. The van der Waals surface area contributed by atoms with E-state index in [0.29, 0.717) is 18.1 Å². The largest absolute Gasteiger partial charge is 0.340 e. The average Bonchev–Trinajstić information content (AvgIpc) is 3.12. The summed E-state index contributed by atoms with van der Waals surface area (Å²) in [5.41, 5.74) is 2.17. The molecule has 1 aliphatic heterocycles. The van der Waals surface area contributed by atoms with Crippen molar-refractivity contribution in [3.05, 3.63) is 35.7 Å². The third-order valence-corrected chi connectivity index (χ3v) is 4.79. The number of carbonyl (C=O) groups is 1. The number of aryl methyl sites for hydroxylation is 1. The molecule has 134 valence electrons. The molecule has 1 atom stereocenters. The summed E-state index contributed by atoms with van der Waals surface area (Å²) in [6, 6.07) is 8.15. The van der Waals surface area contributed by atoms with Crippen LogP contribution >= 0.6 is 0 Å². The number of carbonyl (C=O) groups excluding carboxylic acids is 1. The molecule has 1 aromatic carbocycles. The van der Waals surface area contributed by atoms with Crippen LogP contribution in [0.3, 0.4) is 0 Å². The molecule has 0 N–H and O–H groups in total. The van der Waals surface area contributed by atoms with Crippen molar-refractivity contribution >= 4 is 5.91 Å². The Labute approximate surface area is 148 Å². The van der Waals surface area contributed by atoms with E-state index in [-0.39, 0.29) is 11.9 Å². The van der Waals surface area contributed by atoms with Gasteiger partial charge in [-0.1, -0.05) is 41.9 Å². The van der Waals surface area contributed by atoms with E-state index in [1.807, 2.05) is 36.1 Å². The molecule has 0 bridgehead atoms. The van der Waals surface area contributed by atoms with Crippen LogP contribution in [-0.4, -0.2) is 52.0 Å². The zero-order valence-electron chi connectivity index (χ0n) is 15.2. The van der Waals surface area contributed by atoms with Gasteiger partial charge < -0.3 is 9.42 Å². The molecule has 1 aliphatic rings. The molecule has 2 aromatic rings. The standard InChI is InChI=1S/C19H26N4O2/c1-4-5-17(24)23-12-10-22(11-13-23)15(3)19-20-18(21-25-19)16-8-6-14(2)7-9-16/h6-9,15H,4-5,10-13H2,1-3H3/t15-/m1/s1. The van der Waals surface area contributed by atoms with E-state index < -0.39 is 0 Å². The molecule has 1 saturated heterocycles. The Kier molecular flexibility index (Phi) is 5.48. The molecule has 2 heterocycles. The minimum atomic E-state index is 0.0510. The summed E-state index contributed by atoms with van der Waals surface area (Å²) in [5, 5.41) is 4.12. The lowest BCUT2D eigenvalue weighted by Crippen LogP contribution is -2.49. The molecule has 6 nitrogen and oxygen atoms in total. The van der Waals surface area contributed by atoms with Crippen molar-refractivity contribution in [1.29, 1.82) is 0 Å². The van der Waals surface area contributed by atoms with Gasteiger partial charge >= 0.3 is 0 Å². The van der Waals surface area contributed by atoms with E-state index in [1.165, 1.54) is 5.56 Å². The van der Waals surface area contributed by atoms with Crippen LogP contribution in [0.5, 0.6) is 0 Å². The monoisotopic (exact) mass is 342 g/mol. The molecule has 1 fully saturated rings. The molecule has 0 unspecified atom stereocenters. The zero-order chi connectivity index (χ0) is 17.8. The van der Waals surface area contributed by atoms with Crippen molar-refractivity contribution < 1.29 is 9.32 Å². The van der Waals surface area contributed by atoms with Crippen LogP contribution in [0.1, 0.15) is 44.2 Å². The van der Waals surface area contributed by atoms with Crippen LogP contribution in [0.25, 0.3) is 11.4 Å². The number of nitrogens with zero attached hydrogens (tertiary/aromatic N) is 4. The molecule has 3 rings (SSSR count). The molecule has 1 amide bonds. The fourth-order valence-corrected chi connectivity index (χ4v) is 3.11. The minimum Gasteiger partial charge on any atom is -0.340 e. The molecule has 0 saturated carbocycles. The summed E-state index contributed by atoms with van der Waals surface area (Å²) in [6.45, 7) is 9.37. The topological polar surface area (TPSA) is 62.5 Å². The van der Waals surface area contributed by atoms with Crippen molar-refractivity contribution in [2.45, 2.75) is 39.7 Å². The zero-order valence-corrected chi connectivity index (χ0v) is 15.2. The van der Waals surface area contributed by atoms with Crippen molar-refractivity contribution in [2.75, 3.05) is 26.2 Å².